The molecule has 3 aromatic rings. The topological polar surface area (TPSA) is 142 Å². The fourth-order valence-electron chi connectivity index (χ4n) is 3.65. The van der Waals surface area contributed by atoms with Crippen molar-refractivity contribution in [3.8, 4) is 23.3 Å². The molecule has 4 N–H and O–H groups in total. The van der Waals surface area contributed by atoms with Crippen LogP contribution >= 0.6 is 0 Å². The summed E-state index contributed by atoms with van der Waals surface area (Å²) in [5.74, 6) is 1.27. The number of hydrogen-bond acceptors (Lipinski definition) is 8. The number of ether oxygens (including phenoxy) is 3. The SMILES string of the molecule is Cc1ncc(COc2cc(F)cc(Oc3ccc(/C(N)=C(\C#N)C(N)=NC4CCOCC4)cc3)c2)cn1. The minimum Gasteiger partial charge on any atom is -0.489 e. The van der Waals surface area contributed by atoms with Gasteiger partial charge in [0.1, 0.15) is 53.0 Å². The van der Waals surface area contributed by atoms with Crippen molar-refractivity contribution in [1.82, 2.24) is 9.97 Å². The molecule has 1 saturated heterocycles. The normalized spacial score (nSPS) is 15.0. The van der Waals surface area contributed by atoms with Gasteiger partial charge >= 0.3 is 0 Å². The Morgan fingerprint density at radius 2 is 1.76 bits per heavy atom. The van der Waals surface area contributed by atoms with Gasteiger partial charge in [0.25, 0.3) is 0 Å². The zero-order valence-corrected chi connectivity index (χ0v) is 20.4. The molecule has 0 spiro atoms. The summed E-state index contributed by atoms with van der Waals surface area (Å²) in [4.78, 5) is 12.7. The first-order valence-corrected chi connectivity index (χ1v) is 11.7. The van der Waals surface area contributed by atoms with Gasteiger partial charge in [0.05, 0.1) is 11.7 Å². The highest BCUT2D eigenvalue weighted by atomic mass is 19.1. The molecule has 4 rings (SSSR count). The van der Waals surface area contributed by atoms with Gasteiger partial charge in [-0.3, -0.25) is 4.99 Å². The molecule has 0 saturated carbocycles. The summed E-state index contributed by atoms with van der Waals surface area (Å²) < 4.78 is 31.0. The zero-order chi connectivity index (χ0) is 26.2. The largest absolute Gasteiger partial charge is 0.489 e. The van der Waals surface area contributed by atoms with Crippen LogP contribution in [0.5, 0.6) is 17.2 Å². The molecule has 0 unspecified atom stereocenters. The highest BCUT2D eigenvalue weighted by Crippen LogP contribution is 2.28. The molecule has 10 heteroatoms. The van der Waals surface area contributed by atoms with E-state index in [-0.39, 0.29) is 35.5 Å². The molecule has 0 bridgehead atoms. The van der Waals surface area contributed by atoms with Crippen LogP contribution in [0.3, 0.4) is 0 Å². The van der Waals surface area contributed by atoms with Crippen molar-refractivity contribution in [3.05, 3.63) is 83.2 Å². The van der Waals surface area contributed by atoms with Crippen molar-refractivity contribution in [2.45, 2.75) is 32.4 Å². The molecule has 0 amide bonds. The molecular formula is C27H27FN6O3. The summed E-state index contributed by atoms with van der Waals surface area (Å²) >= 11 is 0. The molecule has 0 atom stereocenters. The maximum atomic E-state index is 14.2. The van der Waals surface area contributed by atoms with E-state index in [9.17, 15) is 9.65 Å². The van der Waals surface area contributed by atoms with Crippen LogP contribution in [0.1, 0.15) is 29.8 Å². The fourth-order valence-corrected chi connectivity index (χ4v) is 3.65. The van der Waals surface area contributed by atoms with Crippen LogP contribution in [0.25, 0.3) is 5.70 Å². The first kappa shape index (κ1) is 25.6. The average molecular weight is 503 g/mol. The van der Waals surface area contributed by atoms with Gasteiger partial charge in [-0.15, -0.1) is 0 Å². The lowest BCUT2D eigenvalue weighted by atomic mass is 10.1. The highest BCUT2D eigenvalue weighted by Gasteiger charge is 2.16. The van der Waals surface area contributed by atoms with Gasteiger partial charge in [-0.25, -0.2) is 14.4 Å². The van der Waals surface area contributed by atoms with Gasteiger partial charge < -0.3 is 25.7 Å². The molecule has 190 valence electrons. The lowest BCUT2D eigenvalue weighted by Gasteiger charge is -2.19. The zero-order valence-electron chi connectivity index (χ0n) is 20.4. The van der Waals surface area contributed by atoms with Gasteiger partial charge in [-0.1, -0.05) is 0 Å². The number of benzene rings is 2. The standard InChI is InChI=1S/C27H27FN6O3/c1-17-32-14-18(15-33-17)16-36-23-10-20(28)11-24(12-23)37-22-4-2-19(3-5-22)26(30)25(13-29)27(31)34-21-6-8-35-9-7-21/h2-5,10-12,14-15,21H,6-9,16,30H2,1H3,(H2,31,34)/b26-25-. The molecule has 0 radical (unpaired) electrons. The van der Waals surface area contributed by atoms with E-state index in [1.54, 1.807) is 49.6 Å². The number of nitrogens with zero attached hydrogens (tertiary/aromatic N) is 4. The van der Waals surface area contributed by atoms with E-state index in [2.05, 4.69) is 21.0 Å². The number of nitrogens with two attached hydrogens (primary N) is 2. The second-order valence-corrected chi connectivity index (χ2v) is 8.43. The summed E-state index contributed by atoms with van der Waals surface area (Å²) in [6.45, 7) is 3.21. The Bertz CT molecular complexity index is 1330. The molecule has 1 aliphatic rings. The van der Waals surface area contributed by atoms with Crippen molar-refractivity contribution >= 4 is 11.5 Å². The molecule has 2 aromatic carbocycles. The fraction of sp³-hybridized carbons (Fsp3) is 0.259. The number of nitriles is 1. The Kier molecular flexibility index (Phi) is 8.28. The van der Waals surface area contributed by atoms with Crippen LogP contribution in [-0.2, 0) is 11.3 Å². The van der Waals surface area contributed by atoms with Crippen LogP contribution in [0.15, 0.2) is 65.4 Å². The summed E-state index contributed by atoms with van der Waals surface area (Å²) in [7, 11) is 0. The van der Waals surface area contributed by atoms with E-state index >= 15 is 0 Å². The molecule has 2 heterocycles. The van der Waals surface area contributed by atoms with Crippen LogP contribution in [-0.4, -0.2) is 35.1 Å². The van der Waals surface area contributed by atoms with E-state index < -0.39 is 5.82 Å². The average Bonchev–Trinajstić information content (AvgIpc) is 2.89. The van der Waals surface area contributed by atoms with Crippen LogP contribution in [0.4, 0.5) is 4.39 Å². The third kappa shape index (κ3) is 7.02. The molecule has 1 aliphatic heterocycles. The number of amidine groups is 1. The van der Waals surface area contributed by atoms with Gasteiger partial charge in [0.15, 0.2) is 0 Å². The molecular weight excluding hydrogens is 475 g/mol. The van der Waals surface area contributed by atoms with E-state index in [0.717, 1.165) is 18.4 Å². The van der Waals surface area contributed by atoms with Crippen LogP contribution in [0, 0.1) is 24.1 Å². The van der Waals surface area contributed by atoms with Crippen molar-refractivity contribution in [2.24, 2.45) is 16.5 Å². The number of rotatable bonds is 8. The minimum absolute atomic E-state index is 0.00559. The number of aromatic nitrogens is 2. The Morgan fingerprint density at radius 3 is 2.43 bits per heavy atom. The monoisotopic (exact) mass is 502 g/mol. The van der Waals surface area contributed by atoms with E-state index in [4.69, 9.17) is 25.7 Å². The molecule has 0 aliphatic carbocycles. The predicted molar refractivity (Wildman–Crippen MR) is 136 cm³/mol. The lowest BCUT2D eigenvalue weighted by Crippen LogP contribution is -2.25. The summed E-state index contributed by atoms with van der Waals surface area (Å²) in [6.07, 6.45) is 4.81. The summed E-state index contributed by atoms with van der Waals surface area (Å²) in [5.41, 5.74) is 14.0. The van der Waals surface area contributed by atoms with Crippen LogP contribution < -0.4 is 20.9 Å². The molecule has 9 nitrogen and oxygen atoms in total. The van der Waals surface area contributed by atoms with Crippen molar-refractivity contribution in [3.63, 3.8) is 0 Å². The summed E-state index contributed by atoms with van der Waals surface area (Å²) in [5, 5.41) is 9.64. The van der Waals surface area contributed by atoms with Crippen molar-refractivity contribution in [1.29, 1.82) is 5.26 Å². The third-order valence-electron chi connectivity index (χ3n) is 5.64. The first-order valence-electron chi connectivity index (χ1n) is 11.7. The Balaban J connectivity index is 1.45. The first-order chi connectivity index (χ1) is 17.9. The molecule has 37 heavy (non-hydrogen) atoms. The minimum atomic E-state index is -0.505. The Labute approximate surface area is 214 Å². The molecule has 1 fully saturated rings. The van der Waals surface area contributed by atoms with E-state index in [1.807, 2.05) is 0 Å². The number of aliphatic imine (C=N–C) groups is 1. The van der Waals surface area contributed by atoms with Gasteiger partial charge in [0, 0.05) is 49.4 Å². The van der Waals surface area contributed by atoms with Gasteiger partial charge in [-0.05, 0) is 49.6 Å². The maximum Gasteiger partial charge on any atom is 0.138 e. The quantitative estimate of drug-likeness (QED) is 0.267. The van der Waals surface area contributed by atoms with Crippen molar-refractivity contribution < 1.29 is 18.6 Å². The van der Waals surface area contributed by atoms with Crippen LogP contribution in [0.2, 0.25) is 0 Å². The number of hydrogen-bond donors (Lipinski definition) is 2. The third-order valence-corrected chi connectivity index (χ3v) is 5.64. The maximum absolute atomic E-state index is 14.2. The van der Waals surface area contributed by atoms with Crippen molar-refractivity contribution in [2.75, 3.05) is 13.2 Å². The number of aryl methyl sites for hydroxylation is 1. The Morgan fingerprint density at radius 1 is 1.08 bits per heavy atom. The highest BCUT2D eigenvalue weighted by molar-refractivity contribution is 6.07. The van der Waals surface area contributed by atoms with E-state index in [0.29, 0.717) is 36.1 Å². The second kappa shape index (κ2) is 12.0. The van der Waals surface area contributed by atoms with Gasteiger partial charge in [0.2, 0.25) is 0 Å². The molecule has 1 aromatic heterocycles. The van der Waals surface area contributed by atoms with Gasteiger partial charge in [-0.2, -0.15) is 5.26 Å². The Hall–Kier alpha value is -4.49. The predicted octanol–water partition coefficient (Wildman–Crippen LogP) is 4.03. The lowest BCUT2D eigenvalue weighted by molar-refractivity contribution is 0.0871. The summed E-state index contributed by atoms with van der Waals surface area (Å²) in [6, 6.07) is 12.9. The number of halogens is 1. The van der Waals surface area contributed by atoms with E-state index in [1.165, 1.54) is 12.1 Å². The smallest absolute Gasteiger partial charge is 0.138 e. The second-order valence-electron chi connectivity index (χ2n) is 8.43.